The summed E-state index contributed by atoms with van der Waals surface area (Å²) in [7, 11) is 2.82. The molecule has 17 heavy (non-hydrogen) atoms. The van der Waals surface area contributed by atoms with Crippen LogP contribution >= 0.6 is 0 Å². The van der Waals surface area contributed by atoms with Gasteiger partial charge in [0, 0.05) is 0 Å². The summed E-state index contributed by atoms with van der Waals surface area (Å²) in [5.74, 6) is -1.02. The lowest BCUT2D eigenvalue weighted by atomic mass is 9.95. The minimum atomic E-state index is -0.673. The topological polar surface area (TPSA) is 78.6 Å². The van der Waals surface area contributed by atoms with Crippen molar-refractivity contribution in [1.29, 1.82) is 0 Å². The highest BCUT2D eigenvalue weighted by molar-refractivity contribution is 5.86. The third-order valence-corrected chi connectivity index (χ3v) is 2.46. The fourth-order valence-corrected chi connectivity index (χ4v) is 1.47. The van der Waals surface area contributed by atoms with E-state index >= 15 is 0 Å². The summed E-state index contributed by atoms with van der Waals surface area (Å²) in [5, 5.41) is 0. The number of benzene rings is 1. The molecule has 5 heteroatoms. The molecule has 0 aliphatic carbocycles. The average molecular weight is 237 g/mol. The van der Waals surface area contributed by atoms with Gasteiger partial charge in [-0.2, -0.15) is 0 Å². The number of methoxy groups -OCH3 is 2. The number of nitrogens with two attached hydrogens (primary N) is 1. The Kier molecular flexibility index (Phi) is 4.51. The largest absolute Gasteiger partial charge is 0.497 e. The summed E-state index contributed by atoms with van der Waals surface area (Å²) in [6, 6.07) is 6.83. The van der Waals surface area contributed by atoms with E-state index < -0.39 is 17.8 Å². The zero-order chi connectivity index (χ0) is 12.8. The molecule has 1 aromatic rings. The van der Waals surface area contributed by atoms with Crippen molar-refractivity contribution in [3.05, 3.63) is 29.8 Å². The van der Waals surface area contributed by atoms with Gasteiger partial charge in [0.2, 0.25) is 5.91 Å². The van der Waals surface area contributed by atoms with Crippen LogP contribution in [-0.2, 0) is 14.3 Å². The van der Waals surface area contributed by atoms with E-state index in [2.05, 4.69) is 4.74 Å². The van der Waals surface area contributed by atoms with Gasteiger partial charge in [-0.05, 0) is 17.7 Å². The smallest absolute Gasteiger partial charge is 0.306 e. The first-order valence-corrected chi connectivity index (χ1v) is 5.08. The second kappa shape index (κ2) is 5.89. The third-order valence-electron chi connectivity index (χ3n) is 2.46. The number of carbonyl (C=O) groups excluding carboxylic acids is 2. The van der Waals surface area contributed by atoms with E-state index in [0.717, 1.165) is 0 Å². The Morgan fingerprint density at radius 1 is 1.24 bits per heavy atom. The van der Waals surface area contributed by atoms with Gasteiger partial charge < -0.3 is 15.2 Å². The number of carbonyl (C=O) groups is 2. The molecule has 0 spiro atoms. The maximum absolute atomic E-state index is 11.3. The van der Waals surface area contributed by atoms with Crippen LogP contribution in [0, 0.1) is 0 Å². The molecule has 0 saturated carbocycles. The lowest BCUT2D eigenvalue weighted by Gasteiger charge is -2.12. The van der Waals surface area contributed by atoms with Crippen molar-refractivity contribution in [2.24, 2.45) is 5.73 Å². The number of hydrogen-bond donors (Lipinski definition) is 1. The van der Waals surface area contributed by atoms with Crippen LogP contribution in [0.3, 0.4) is 0 Å². The highest BCUT2D eigenvalue weighted by Crippen LogP contribution is 2.22. The number of rotatable bonds is 5. The first-order chi connectivity index (χ1) is 8.08. The molecule has 1 unspecified atom stereocenters. The van der Waals surface area contributed by atoms with Crippen LogP contribution in [0.2, 0.25) is 0 Å². The van der Waals surface area contributed by atoms with Gasteiger partial charge in [0.1, 0.15) is 5.75 Å². The molecule has 0 aliphatic rings. The molecule has 1 atom stereocenters. The van der Waals surface area contributed by atoms with Crippen LogP contribution in [0.1, 0.15) is 17.9 Å². The van der Waals surface area contributed by atoms with Gasteiger partial charge in [-0.25, -0.2) is 0 Å². The normalized spacial score (nSPS) is 11.6. The SMILES string of the molecule is COC(=O)CC(C(N)=O)c1ccc(OC)cc1. The molecular formula is C12H15NO4. The minimum Gasteiger partial charge on any atom is -0.497 e. The molecule has 0 aromatic heterocycles. The van der Waals surface area contributed by atoms with Gasteiger partial charge in [-0.3, -0.25) is 9.59 Å². The second-order valence-electron chi connectivity index (χ2n) is 3.51. The lowest BCUT2D eigenvalue weighted by molar-refractivity contribution is -0.142. The number of amides is 1. The molecule has 0 fully saturated rings. The molecule has 2 N–H and O–H groups in total. The highest BCUT2D eigenvalue weighted by atomic mass is 16.5. The zero-order valence-corrected chi connectivity index (χ0v) is 9.80. The van der Waals surface area contributed by atoms with Crippen molar-refractivity contribution in [2.75, 3.05) is 14.2 Å². The lowest BCUT2D eigenvalue weighted by Crippen LogP contribution is -2.24. The monoisotopic (exact) mass is 237 g/mol. The minimum absolute atomic E-state index is 0.0574. The predicted octanol–water partition coefficient (Wildman–Crippen LogP) is 0.827. The van der Waals surface area contributed by atoms with Crippen LogP contribution < -0.4 is 10.5 Å². The van der Waals surface area contributed by atoms with Crippen molar-refractivity contribution < 1.29 is 19.1 Å². The molecule has 1 amide bonds. The Morgan fingerprint density at radius 3 is 2.24 bits per heavy atom. The fourth-order valence-electron chi connectivity index (χ4n) is 1.47. The molecule has 0 radical (unpaired) electrons. The molecule has 0 heterocycles. The summed E-state index contributed by atoms with van der Waals surface area (Å²) in [4.78, 5) is 22.5. The summed E-state index contributed by atoms with van der Waals surface area (Å²) >= 11 is 0. The summed E-state index contributed by atoms with van der Waals surface area (Å²) < 4.78 is 9.53. The highest BCUT2D eigenvalue weighted by Gasteiger charge is 2.21. The Labute approximate surface area is 99.5 Å². The van der Waals surface area contributed by atoms with E-state index in [1.54, 1.807) is 31.4 Å². The summed E-state index contributed by atoms with van der Waals surface area (Å²) in [6.07, 6.45) is -0.0574. The summed E-state index contributed by atoms with van der Waals surface area (Å²) in [6.45, 7) is 0. The first kappa shape index (κ1) is 13.0. The Morgan fingerprint density at radius 2 is 1.82 bits per heavy atom. The maximum atomic E-state index is 11.3. The number of primary amides is 1. The van der Waals surface area contributed by atoms with Crippen LogP contribution in [0.15, 0.2) is 24.3 Å². The quantitative estimate of drug-likeness (QED) is 0.769. The first-order valence-electron chi connectivity index (χ1n) is 5.08. The maximum Gasteiger partial charge on any atom is 0.306 e. The van der Waals surface area contributed by atoms with E-state index in [4.69, 9.17) is 10.5 Å². The van der Waals surface area contributed by atoms with Crippen molar-refractivity contribution in [1.82, 2.24) is 0 Å². The number of hydrogen-bond acceptors (Lipinski definition) is 4. The van der Waals surface area contributed by atoms with Gasteiger partial charge in [-0.1, -0.05) is 12.1 Å². The van der Waals surface area contributed by atoms with Gasteiger partial charge in [0.05, 0.1) is 26.6 Å². The zero-order valence-electron chi connectivity index (χ0n) is 9.80. The van der Waals surface area contributed by atoms with Crippen LogP contribution in [0.4, 0.5) is 0 Å². The van der Waals surface area contributed by atoms with Crippen LogP contribution in [0.25, 0.3) is 0 Å². The van der Waals surface area contributed by atoms with E-state index in [1.165, 1.54) is 7.11 Å². The third kappa shape index (κ3) is 3.48. The van der Waals surface area contributed by atoms with Crippen molar-refractivity contribution in [3.63, 3.8) is 0 Å². The Hall–Kier alpha value is -2.04. The van der Waals surface area contributed by atoms with E-state index in [-0.39, 0.29) is 6.42 Å². The van der Waals surface area contributed by atoms with Crippen molar-refractivity contribution in [3.8, 4) is 5.75 Å². The molecular weight excluding hydrogens is 222 g/mol. The molecule has 1 aromatic carbocycles. The van der Waals surface area contributed by atoms with Crippen LogP contribution in [0.5, 0.6) is 5.75 Å². The standard InChI is InChI=1S/C12H15NO4/c1-16-9-5-3-8(4-6-9)10(12(13)15)7-11(14)17-2/h3-6,10H,7H2,1-2H3,(H2,13,15). The summed E-state index contributed by atoms with van der Waals surface area (Å²) in [5.41, 5.74) is 5.93. The molecule has 0 bridgehead atoms. The molecule has 0 saturated heterocycles. The van der Waals surface area contributed by atoms with E-state index in [0.29, 0.717) is 11.3 Å². The Balaban J connectivity index is 2.89. The molecule has 0 aliphatic heterocycles. The van der Waals surface area contributed by atoms with E-state index in [9.17, 15) is 9.59 Å². The van der Waals surface area contributed by atoms with Crippen LogP contribution in [-0.4, -0.2) is 26.1 Å². The number of ether oxygens (including phenoxy) is 2. The second-order valence-corrected chi connectivity index (χ2v) is 3.51. The number of esters is 1. The predicted molar refractivity (Wildman–Crippen MR) is 61.6 cm³/mol. The van der Waals surface area contributed by atoms with Crippen molar-refractivity contribution in [2.45, 2.75) is 12.3 Å². The van der Waals surface area contributed by atoms with Crippen molar-refractivity contribution >= 4 is 11.9 Å². The van der Waals surface area contributed by atoms with E-state index in [1.807, 2.05) is 0 Å². The molecule has 5 nitrogen and oxygen atoms in total. The van der Waals surface area contributed by atoms with Gasteiger partial charge >= 0.3 is 5.97 Å². The molecule has 92 valence electrons. The van der Waals surface area contributed by atoms with Gasteiger partial charge in [0.25, 0.3) is 0 Å². The fraction of sp³-hybridized carbons (Fsp3) is 0.333. The average Bonchev–Trinajstić information content (AvgIpc) is 2.35. The van der Waals surface area contributed by atoms with Gasteiger partial charge in [0.15, 0.2) is 0 Å². The Bertz CT molecular complexity index is 399. The molecule has 1 rings (SSSR count). The van der Waals surface area contributed by atoms with Gasteiger partial charge in [-0.15, -0.1) is 0 Å².